The van der Waals surface area contributed by atoms with Crippen molar-refractivity contribution in [3.8, 4) is 0 Å². The van der Waals surface area contributed by atoms with Crippen molar-refractivity contribution in [3.63, 3.8) is 0 Å². The number of β-amino-alcohol motifs (C(OH)–C–C–N with tert-alkyl or cyclic N) is 1. The van der Waals surface area contributed by atoms with Gasteiger partial charge in [0, 0.05) is 17.6 Å². The minimum Gasteiger partial charge on any atom is -0.393 e. The maximum absolute atomic E-state index is 12.4. The third kappa shape index (κ3) is 2.33. The van der Waals surface area contributed by atoms with E-state index in [1.54, 1.807) is 12.1 Å². The summed E-state index contributed by atoms with van der Waals surface area (Å²) in [5.41, 5.74) is -1.62. The van der Waals surface area contributed by atoms with Gasteiger partial charge in [-0.2, -0.15) is 0 Å². The van der Waals surface area contributed by atoms with Crippen LogP contribution in [0.25, 0.3) is 0 Å². The zero-order chi connectivity index (χ0) is 13.4. The number of sulfone groups is 1. The van der Waals surface area contributed by atoms with Crippen LogP contribution in [0.4, 0.5) is 0 Å². The highest BCUT2D eigenvalue weighted by Gasteiger charge is 2.48. The first kappa shape index (κ1) is 14.0. The van der Waals surface area contributed by atoms with Gasteiger partial charge >= 0.3 is 0 Å². The minimum absolute atomic E-state index is 0.0733. The Kier molecular flexibility index (Phi) is 3.80. The molecule has 1 aromatic carbocycles. The maximum Gasteiger partial charge on any atom is 0.185 e. The summed E-state index contributed by atoms with van der Waals surface area (Å²) < 4.78 is 25.6. The Hall–Kier alpha value is -0.470. The van der Waals surface area contributed by atoms with Crippen molar-refractivity contribution in [1.82, 2.24) is 5.32 Å². The molecule has 7 heteroatoms. The third-order valence-corrected chi connectivity index (χ3v) is 5.96. The van der Waals surface area contributed by atoms with Crippen LogP contribution in [0.3, 0.4) is 0 Å². The first-order valence-electron chi connectivity index (χ1n) is 5.43. The molecule has 0 unspecified atom stereocenters. The number of aliphatic hydroxyl groups is 2. The van der Waals surface area contributed by atoms with Gasteiger partial charge in [-0.1, -0.05) is 15.9 Å². The average molecular weight is 336 g/mol. The van der Waals surface area contributed by atoms with Crippen molar-refractivity contribution in [3.05, 3.63) is 28.7 Å². The standard InChI is InChI=1S/C11H14BrNO4S/c12-8-1-3-9(4-2-8)18(16,17)10-5-13-6-11(10,15)7-14/h1-4,10,13-15H,5-7H2/t10-,11+/m0/s1. The number of benzene rings is 1. The summed E-state index contributed by atoms with van der Waals surface area (Å²) in [7, 11) is -3.67. The quantitative estimate of drug-likeness (QED) is 0.719. The molecule has 0 radical (unpaired) electrons. The van der Waals surface area contributed by atoms with Crippen LogP contribution in [0.15, 0.2) is 33.6 Å². The Morgan fingerprint density at radius 1 is 1.39 bits per heavy atom. The van der Waals surface area contributed by atoms with E-state index in [1.807, 2.05) is 0 Å². The van der Waals surface area contributed by atoms with Crippen LogP contribution in [0, 0.1) is 0 Å². The van der Waals surface area contributed by atoms with Crippen LogP contribution in [0.2, 0.25) is 0 Å². The van der Waals surface area contributed by atoms with E-state index in [2.05, 4.69) is 21.2 Å². The van der Waals surface area contributed by atoms with Gasteiger partial charge in [0.25, 0.3) is 0 Å². The van der Waals surface area contributed by atoms with Crippen LogP contribution in [-0.4, -0.2) is 49.2 Å². The maximum atomic E-state index is 12.4. The van der Waals surface area contributed by atoms with E-state index >= 15 is 0 Å². The molecular weight excluding hydrogens is 322 g/mol. The lowest BCUT2D eigenvalue weighted by Crippen LogP contribution is -2.49. The predicted molar refractivity (Wildman–Crippen MR) is 70.0 cm³/mol. The average Bonchev–Trinajstić information content (AvgIpc) is 2.73. The molecule has 1 aliphatic rings. The van der Waals surface area contributed by atoms with Gasteiger partial charge in [0.2, 0.25) is 0 Å². The van der Waals surface area contributed by atoms with Gasteiger partial charge < -0.3 is 15.5 Å². The second kappa shape index (κ2) is 4.90. The highest BCUT2D eigenvalue weighted by atomic mass is 79.9. The zero-order valence-electron chi connectivity index (χ0n) is 9.51. The lowest BCUT2D eigenvalue weighted by molar-refractivity contribution is 0.00578. The molecule has 0 amide bonds. The Bertz CT molecular complexity index is 530. The van der Waals surface area contributed by atoms with E-state index in [-0.39, 0.29) is 18.0 Å². The molecule has 0 aliphatic carbocycles. The van der Waals surface area contributed by atoms with Gasteiger partial charge in [-0.15, -0.1) is 0 Å². The molecule has 0 spiro atoms. The molecule has 0 bridgehead atoms. The van der Waals surface area contributed by atoms with Crippen LogP contribution in [0.1, 0.15) is 0 Å². The van der Waals surface area contributed by atoms with E-state index in [0.29, 0.717) is 0 Å². The Balaban J connectivity index is 2.40. The summed E-state index contributed by atoms with van der Waals surface area (Å²) in [5.74, 6) is 0. The number of nitrogens with one attached hydrogen (secondary N) is 1. The number of halogens is 1. The van der Waals surface area contributed by atoms with Crippen LogP contribution in [-0.2, 0) is 9.84 Å². The predicted octanol–water partition coefficient (Wildman–Crippen LogP) is -0.0820. The first-order valence-corrected chi connectivity index (χ1v) is 7.77. The second-order valence-electron chi connectivity index (χ2n) is 4.38. The monoisotopic (exact) mass is 335 g/mol. The first-order chi connectivity index (χ1) is 8.40. The molecule has 0 saturated carbocycles. The van der Waals surface area contributed by atoms with E-state index in [0.717, 1.165) is 4.47 Å². The summed E-state index contributed by atoms with van der Waals surface area (Å²) in [6, 6.07) is 6.23. The fourth-order valence-electron chi connectivity index (χ4n) is 2.07. The van der Waals surface area contributed by atoms with Gasteiger partial charge in [0.05, 0.1) is 11.5 Å². The van der Waals surface area contributed by atoms with Crippen molar-refractivity contribution in [2.45, 2.75) is 15.7 Å². The van der Waals surface area contributed by atoms with E-state index < -0.39 is 27.3 Å². The molecule has 1 saturated heterocycles. The largest absolute Gasteiger partial charge is 0.393 e. The molecule has 1 aromatic rings. The molecule has 2 rings (SSSR count). The van der Waals surface area contributed by atoms with Crippen LogP contribution >= 0.6 is 15.9 Å². The van der Waals surface area contributed by atoms with E-state index in [4.69, 9.17) is 0 Å². The van der Waals surface area contributed by atoms with Crippen LogP contribution in [0.5, 0.6) is 0 Å². The van der Waals surface area contributed by atoms with E-state index in [9.17, 15) is 18.6 Å². The van der Waals surface area contributed by atoms with Gasteiger partial charge in [0.1, 0.15) is 10.9 Å². The van der Waals surface area contributed by atoms with Crippen LogP contribution < -0.4 is 5.32 Å². The number of aliphatic hydroxyl groups excluding tert-OH is 1. The Morgan fingerprint density at radius 2 is 2.00 bits per heavy atom. The molecular formula is C11H14BrNO4S. The zero-order valence-corrected chi connectivity index (χ0v) is 11.9. The molecule has 0 aromatic heterocycles. The summed E-state index contributed by atoms with van der Waals surface area (Å²) in [5, 5.41) is 21.1. The summed E-state index contributed by atoms with van der Waals surface area (Å²) in [6.45, 7) is -0.375. The Morgan fingerprint density at radius 3 is 2.56 bits per heavy atom. The van der Waals surface area contributed by atoms with Crippen molar-refractivity contribution in [1.29, 1.82) is 0 Å². The van der Waals surface area contributed by atoms with Crippen molar-refractivity contribution < 1.29 is 18.6 Å². The van der Waals surface area contributed by atoms with Crippen molar-refractivity contribution >= 4 is 25.8 Å². The molecule has 18 heavy (non-hydrogen) atoms. The normalized spacial score (nSPS) is 28.5. The smallest absolute Gasteiger partial charge is 0.185 e. The second-order valence-corrected chi connectivity index (χ2v) is 7.43. The fraction of sp³-hybridized carbons (Fsp3) is 0.455. The highest BCUT2D eigenvalue weighted by molar-refractivity contribution is 9.10. The fourth-order valence-corrected chi connectivity index (χ4v) is 4.25. The molecule has 1 heterocycles. The molecule has 5 nitrogen and oxygen atoms in total. The van der Waals surface area contributed by atoms with Gasteiger partial charge in [-0.05, 0) is 24.3 Å². The topological polar surface area (TPSA) is 86.6 Å². The lowest BCUT2D eigenvalue weighted by atomic mass is 10.1. The molecule has 3 N–H and O–H groups in total. The highest BCUT2D eigenvalue weighted by Crippen LogP contribution is 2.28. The lowest BCUT2D eigenvalue weighted by Gasteiger charge is -2.26. The molecule has 100 valence electrons. The number of hydrogen-bond donors (Lipinski definition) is 3. The van der Waals surface area contributed by atoms with Crippen molar-refractivity contribution in [2.75, 3.05) is 19.7 Å². The third-order valence-electron chi connectivity index (χ3n) is 3.15. The van der Waals surface area contributed by atoms with Gasteiger partial charge in [-0.3, -0.25) is 0 Å². The Labute approximate surface area is 114 Å². The van der Waals surface area contributed by atoms with Gasteiger partial charge in [-0.25, -0.2) is 8.42 Å². The van der Waals surface area contributed by atoms with E-state index in [1.165, 1.54) is 12.1 Å². The summed E-state index contributed by atoms with van der Waals surface area (Å²) in [4.78, 5) is 0.145. The SMILES string of the molecule is O=S(=O)(c1ccc(Br)cc1)[C@H]1CNC[C@@]1(O)CO. The van der Waals surface area contributed by atoms with Crippen molar-refractivity contribution in [2.24, 2.45) is 0 Å². The number of hydrogen-bond acceptors (Lipinski definition) is 5. The molecule has 2 atom stereocenters. The van der Waals surface area contributed by atoms with Gasteiger partial charge in [0.15, 0.2) is 9.84 Å². The minimum atomic E-state index is -3.67. The summed E-state index contributed by atoms with van der Waals surface area (Å²) in [6.07, 6.45) is 0. The number of rotatable bonds is 3. The molecule has 1 aliphatic heterocycles. The molecule has 1 fully saturated rings. The summed E-state index contributed by atoms with van der Waals surface area (Å²) >= 11 is 3.24.